The predicted octanol–water partition coefficient (Wildman–Crippen LogP) is 3.64. The van der Waals surface area contributed by atoms with E-state index in [2.05, 4.69) is 10.3 Å². The number of anilines is 1. The highest BCUT2D eigenvalue weighted by atomic mass is 35.5. The van der Waals surface area contributed by atoms with E-state index in [0.29, 0.717) is 21.6 Å². The first kappa shape index (κ1) is 16.2. The van der Waals surface area contributed by atoms with Crippen LogP contribution in [0.15, 0.2) is 24.4 Å². The fourth-order valence-electron chi connectivity index (χ4n) is 2.21. The second-order valence-electron chi connectivity index (χ2n) is 5.23. The number of nitrogens with zero attached hydrogens (tertiary/aromatic N) is 2. The Kier molecular flexibility index (Phi) is 4.52. The van der Waals surface area contributed by atoms with E-state index >= 15 is 0 Å². The van der Waals surface area contributed by atoms with E-state index in [1.165, 1.54) is 11.3 Å². The monoisotopic (exact) mass is 371 g/mol. The Bertz CT molecular complexity index is 780. The maximum Gasteiger partial charge on any atom is 0.236 e. The molecule has 1 aliphatic carbocycles. The molecule has 0 unspecified atom stereocenters. The first-order chi connectivity index (χ1) is 10.9. The van der Waals surface area contributed by atoms with Gasteiger partial charge in [0.25, 0.3) is 0 Å². The molecule has 120 valence electrons. The SMILES string of the molecule is O=C(Nc1ncc(Cc2cc(Cl)ccc2Cl)s1)[C@@H]1C[C@H]1[N+](=O)[O-]. The first-order valence-corrected chi connectivity index (χ1v) is 8.34. The van der Waals surface area contributed by atoms with Crippen molar-refractivity contribution >= 4 is 45.6 Å². The number of thiazole rings is 1. The van der Waals surface area contributed by atoms with Gasteiger partial charge in [0.2, 0.25) is 11.9 Å². The Morgan fingerprint density at radius 1 is 1.48 bits per heavy atom. The molecule has 0 bridgehead atoms. The summed E-state index contributed by atoms with van der Waals surface area (Å²) in [6, 6.07) is 4.47. The van der Waals surface area contributed by atoms with Crippen LogP contribution in [0.25, 0.3) is 0 Å². The van der Waals surface area contributed by atoms with Crippen LogP contribution in [0.2, 0.25) is 10.0 Å². The summed E-state index contributed by atoms with van der Waals surface area (Å²) in [5, 5.41) is 14.8. The number of carbonyl (C=O) groups excluding carboxylic acids is 1. The number of aromatic nitrogens is 1. The van der Waals surface area contributed by atoms with Gasteiger partial charge in [-0.05, 0) is 23.8 Å². The van der Waals surface area contributed by atoms with Gasteiger partial charge in [0.15, 0.2) is 5.13 Å². The predicted molar refractivity (Wildman–Crippen MR) is 88.9 cm³/mol. The van der Waals surface area contributed by atoms with Crippen molar-refractivity contribution in [1.29, 1.82) is 0 Å². The highest BCUT2D eigenvalue weighted by Gasteiger charge is 2.53. The third-order valence-electron chi connectivity index (χ3n) is 3.52. The Morgan fingerprint density at radius 3 is 2.96 bits per heavy atom. The summed E-state index contributed by atoms with van der Waals surface area (Å²) >= 11 is 13.4. The molecule has 0 spiro atoms. The molecule has 0 aliphatic heterocycles. The third-order valence-corrected chi connectivity index (χ3v) is 5.04. The molecule has 2 atom stereocenters. The molecule has 6 nitrogen and oxygen atoms in total. The van der Waals surface area contributed by atoms with Crippen molar-refractivity contribution in [2.24, 2.45) is 5.92 Å². The lowest BCUT2D eigenvalue weighted by Crippen LogP contribution is -2.18. The van der Waals surface area contributed by atoms with E-state index in [1.807, 2.05) is 0 Å². The van der Waals surface area contributed by atoms with Gasteiger partial charge < -0.3 is 5.32 Å². The van der Waals surface area contributed by atoms with Gasteiger partial charge in [0.05, 0.1) is 0 Å². The molecule has 0 radical (unpaired) electrons. The summed E-state index contributed by atoms with van der Waals surface area (Å²) in [6.07, 6.45) is 2.48. The average molecular weight is 372 g/mol. The summed E-state index contributed by atoms with van der Waals surface area (Å²) in [5.41, 5.74) is 0.872. The topological polar surface area (TPSA) is 85.1 Å². The Morgan fingerprint density at radius 2 is 2.26 bits per heavy atom. The number of nitrogens with one attached hydrogen (secondary N) is 1. The van der Waals surface area contributed by atoms with Crippen molar-refractivity contribution in [2.75, 3.05) is 5.32 Å². The average Bonchev–Trinajstić information content (AvgIpc) is 3.19. The van der Waals surface area contributed by atoms with E-state index in [1.54, 1.807) is 24.4 Å². The summed E-state index contributed by atoms with van der Waals surface area (Å²) in [4.78, 5) is 27.1. The number of benzene rings is 1. The van der Waals surface area contributed by atoms with Gasteiger partial charge >= 0.3 is 0 Å². The summed E-state index contributed by atoms with van der Waals surface area (Å²) in [7, 11) is 0. The number of hydrogen-bond acceptors (Lipinski definition) is 5. The zero-order chi connectivity index (χ0) is 16.6. The molecule has 1 aromatic carbocycles. The lowest BCUT2D eigenvalue weighted by molar-refractivity contribution is -0.497. The summed E-state index contributed by atoms with van der Waals surface area (Å²) in [5.74, 6) is -0.909. The van der Waals surface area contributed by atoms with Gasteiger partial charge in [-0.15, -0.1) is 11.3 Å². The van der Waals surface area contributed by atoms with Crippen molar-refractivity contribution < 1.29 is 9.72 Å². The minimum Gasteiger partial charge on any atom is -0.301 e. The molecule has 3 rings (SSSR count). The van der Waals surface area contributed by atoms with Crippen molar-refractivity contribution in [3.63, 3.8) is 0 Å². The van der Waals surface area contributed by atoms with Crippen LogP contribution in [0.3, 0.4) is 0 Å². The van der Waals surface area contributed by atoms with Gasteiger partial charge in [0.1, 0.15) is 5.92 Å². The molecule has 1 N–H and O–H groups in total. The lowest BCUT2D eigenvalue weighted by Gasteiger charge is -2.02. The van der Waals surface area contributed by atoms with E-state index < -0.39 is 16.9 Å². The molecule has 0 saturated heterocycles. The van der Waals surface area contributed by atoms with Crippen molar-refractivity contribution in [2.45, 2.75) is 18.9 Å². The zero-order valence-corrected chi connectivity index (χ0v) is 14.0. The Labute approximate surface area is 145 Å². The number of amides is 1. The van der Waals surface area contributed by atoms with Crippen LogP contribution in [0.5, 0.6) is 0 Å². The molecular weight excluding hydrogens is 361 g/mol. The van der Waals surface area contributed by atoms with E-state index in [0.717, 1.165) is 10.4 Å². The van der Waals surface area contributed by atoms with Crippen LogP contribution in [0.1, 0.15) is 16.9 Å². The highest BCUT2D eigenvalue weighted by Crippen LogP contribution is 2.34. The second-order valence-corrected chi connectivity index (χ2v) is 7.19. The Hall–Kier alpha value is -1.70. The van der Waals surface area contributed by atoms with E-state index in [-0.39, 0.29) is 12.3 Å². The number of halogens is 2. The minimum absolute atomic E-state index is 0.287. The zero-order valence-electron chi connectivity index (χ0n) is 11.7. The van der Waals surface area contributed by atoms with Gasteiger partial charge in [0, 0.05) is 38.9 Å². The second kappa shape index (κ2) is 6.43. The van der Waals surface area contributed by atoms with Crippen LogP contribution in [0, 0.1) is 16.0 Å². The summed E-state index contributed by atoms with van der Waals surface area (Å²) < 4.78 is 0. The Balaban J connectivity index is 1.63. The molecule has 1 heterocycles. The highest BCUT2D eigenvalue weighted by molar-refractivity contribution is 7.15. The van der Waals surface area contributed by atoms with Gasteiger partial charge in [-0.1, -0.05) is 23.2 Å². The smallest absolute Gasteiger partial charge is 0.236 e. The summed E-state index contributed by atoms with van der Waals surface area (Å²) in [6.45, 7) is 0. The maximum absolute atomic E-state index is 11.9. The third kappa shape index (κ3) is 3.80. The number of rotatable bonds is 5. The molecule has 9 heteroatoms. The standard InChI is InChI=1S/C14H11Cl2N3O3S/c15-8-1-2-11(16)7(3-8)4-9-6-17-14(23-9)18-13(20)10-5-12(10)19(21)22/h1-3,6,10,12H,4-5H2,(H,17,18,20)/t10-,12-/m1/s1. The van der Waals surface area contributed by atoms with Gasteiger partial charge in [-0.25, -0.2) is 4.98 Å². The van der Waals surface area contributed by atoms with Crippen LogP contribution in [0.4, 0.5) is 5.13 Å². The molecule has 2 aromatic rings. The van der Waals surface area contributed by atoms with Crippen LogP contribution < -0.4 is 5.32 Å². The van der Waals surface area contributed by atoms with Crippen molar-refractivity contribution in [3.8, 4) is 0 Å². The van der Waals surface area contributed by atoms with Crippen LogP contribution in [-0.2, 0) is 11.2 Å². The van der Waals surface area contributed by atoms with Crippen LogP contribution in [-0.4, -0.2) is 21.9 Å². The number of nitro groups is 1. The largest absolute Gasteiger partial charge is 0.301 e. The maximum atomic E-state index is 11.9. The van der Waals surface area contributed by atoms with Crippen molar-refractivity contribution in [1.82, 2.24) is 4.98 Å². The van der Waals surface area contributed by atoms with Crippen molar-refractivity contribution in [3.05, 3.63) is 55.0 Å². The first-order valence-electron chi connectivity index (χ1n) is 6.77. The van der Waals surface area contributed by atoms with E-state index in [4.69, 9.17) is 23.2 Å². The molecule has 1 saturated carbocycles. The quantitative estimate of drug-likeness (QED) is 0.641. The minimum atomic E-state index is -0.764. The van der Waals surface area contributed by atoms with Gasteiger partial charge in [-0.3, -0.25) is 14.9 Å². The fourth-order valence-corrected chi connectivity index (χ4v) is 3.43. The number of carbonyl (C=O) groups is 1. The molecule has 23 heavy (non-hydrogen) atoms. The molecular formula is C14H11Cl2N3O3S. The normalized spacial score (nSPS) is 19.4. The fraction of sp³-hybridized carbons (Fsp3) is 0.286. The van der Waals surface area contributed by atoms with Crippen LogP contribution >= 0.6 is 34.5 Å². The number of hydrogen-bond donors (Lipinski definition) is 1. The lowest BCUT2D eigenvalue weighted by atomic mass is 10.1. The molecule has 1 aliphatic rings. The molecule has 1 aromatic heterocycles. The van der Waals surface area contributed by atoms with E-state index in [9.17, 15) is 14.9 Å². The van der Waals surface area contributed by atoms with Gasteiger partial charge in [-0.2, -0.15) is 0 Å². The molecule has 1 fully saturated rings. The molecule has 1 amide bonds.